The molecule has 3 rings (SSSR count). The third-order valence-electron chi connectivity index (χ3n) is 3.91. The second kappa shape index (κ2) is 7.84. The number of primary amides is 1. The number of pyridine rings is 1. The first kappa shape index (κ1) is 17.7. The number of aromatic nitrogens is 1. The molecule has 0 spiro atoms. The van der Waals surface area contributed by atoms with E-state index in [1.54, 1.807) is 42.6 Å². The molecular formula is C19H17ClN4O2. The van der Waals surface area contributed by atoms with E-state index < -0.39 is 12.1 Å². The molecule has 26 heavy (non-hydrogen) atoms. The maximum Gasteiger partial charge on any atom is 0.312 e. The molecule has 7 heteroatoms. The highest BCUT2D eigenvalue weighted by Gasteiger charge is 2.20. The molecule has 0 fully saturated rings. The van der Waals surface area contributed by atoms with Gasteiger partial charge >= 0.3 is 6.03 Å². The van der Waals surface area contributed by atoms with E-state index >= 15 is 0 Å². The van der Waals surface area contributed by atoms with Crippen LogP contribution in [0.1, 0.15) is 18.0 Å². The van der Waals surface area contributed by atoms with Crippen LogP contribution in [-0.4, -0.2) is 16.9 Å². The number of nitrogens with two attached hydrogens (primary N) is 1. The lowest BCUT2D eigenvalue weighted by atomic mass is 10.0. The van der Waals surface area contributed by atoms with Crippen molar-refractivity contribution in [1.29, 1.82) is 0 Å². The zero-order valence-corrected chi connectivity index (χ0v) is 14.5. The molecule has 6 nitrogen and oxygen atoms in total. The van der Waals surface area contributed by atoms with Gasteiger partial charge in [0.2, 0.25) is 5.91 Å². The summed E-state index contributed by atoms with van der Waals surface area (Å²) in [5.41, 5.74) is 7.31. The fraction of sp³-hybridized carbons (Fsp3) is 0.105. The maximum absolute atomic E-state index is 12.6. The molecule has 1 atom stereocenters. The van der Waals surface area contributed by atoms with E-state index in [0.717, 1.165) is 10.9 Å². The Balaban J connectivity index is 1.82. The van der Waals surface area contributed by atoms with Crippen molar-refractivity contribution in [3.8, 4) is 0 Å². The first-order valence-electron chi connectivity index (χ1n) is 7.98. The highest BCUT2D eigenvalue weighted by atomic mass is 35.5. The van der Waals surface area contributed by atoms with E-state index in [1.165, 1.54) is 0 Å². The molecule has 3 amide bonds. The lowest BCUT2D eigenvalue weighted by molar-refractivity contribution is -0.116. The molecule has 0 saturated carbocycles. The van der Waals surface area contributed by atoms with Gasteiger partial charge in [0.05, 0.1) is 23.7 Å². The Morgan fingerprint density at radius 2 is 1.88 bits per heavy atom. The van der Waals surface area contributed by atoms with E-state index in [1.807, 2.05) is 18.2 Å². The highest BCUT2D eigenvalue weighted by Crippen LogP contribution is 2.26. The molecule has 0 unspecified atom stereocenters. The van der Waals surface area contributed by atoms with Crippen LogP contribution in [0.25, 0.3) is 10.9 Å². The number of fused-ring (bicyclic) bond motifs is 1. The van der Waals surface area contributed by atoms with Crippen molar-refractivity contribution in [2.45, 2.75) is 12.5 Å². The van der Waals surface area contributed by atoms with E-state index in [9.17, 15) is 9.59 Å². The third-order valence-corrected chi connectivity index (χ3v) is 4.25. The van der Waals surface area contributed by atoms with Gasteiger partial charge in [-0.3, -0.25) is 9.78 Å². The molecule has 132 valence electrons. The predicted octanol–water partition coefficient (Wildman–Crippen LogP) is 3.63. The molecule has 1 aromatic heterocycles. The minimum Gasteiger partial charge on any atom is -0.352 e. The normalized spacial score (nSPS) is 11.7. The number of nitrogens with zero attached hydrogens (tertiary/aromatic N) is 1. The molecule has 0 radical (unpaired) electrons. The Hall–Kier alpha value is -3.12. The molecule has 3 aromatic rings. The van der Waals surface area contributed by atoms with Crippen LogP contribution in [0.5, 0.6) is 0 Å². The van der Waals surface area contributed by atoms with Crippen molar-refractivity contribution < 1.29 is 9.59 Å². The molecule has 0 bridgehead atoms. The van der Waals surface area contributed by atoms with Crippen molar-refractivity contribution in [3.05, 3.63) is 71.4 Å². The van der Waals surface area contributed by atoms with Crippen LogP contribution in [0.15, 0.2) is 60.8 Å². The summed E-state index contributed by atoms with van der Waals surface area (Å²) < 4.78 is 0. The number of urea groups is 1. The van der Waals surface area contributed by atoms with Gasteiger partial charge in [-0.25, -0.2) is 4.79 Å². The fourth-order valence-corrected chi connectivity index (χ4v) is 3.03. The molecule has 2 aromatic carbocycles. The Labute approximate surface area is 155 Å². The second-order valence-corrected chi connectivity index (χ2v) is 6.12. The minimum atomic E-state index is -0.725. The largest absolute Gasteiger partial charge is 0.352 e. The minimum absolute atomic E-state index is 0.0106. The summed E-state index contributed by atoms with van der Waals surface area (Å²) in [6.45, 7) is 0. The van der Waals surface area contributed by atoms with Crippen LogP contribution in [0, 0.1) is 0 Å². The number of nitrogens with one attached hydrogen (secondary N) is 2. The van der Waals surface area contributed by atoms with Crippen LogP contribution in [0.2, 0.25) is 5.02 Å². The third kappa shape index (κ3) is 4.10. The fourth-order valence-electron chi connectivity index (χ4n) is 2.77. The monoisotopic (exact) mass is 368 g/mol. The summed E-state index contributed by atoms with van der Waals surface area (Å²) in [5.74, 6) is -0.278. The molecule has 1 heterocycles. The summed E-state index contributed by atoms with van der Waals surface area (Å²) in [6.07, 6.45) is 1.68. The first-order valence-corrected chi connectivity index (χ1v) is 8.36. The number of amides is 3. The maximum atomic E-state index is 12.6. The number of hydrogen-bond acceptors (Lipinski definition) is 3. The van der Waals surface area contributed by atoms with E-state index in [2.05, 4.69) is 15.6 Å². The Morgan fingerprint density at radius 3 is 2.65 bits per heavy atom. The van der Waals surface area contributed by atoms with Gasteiger partial charge in [-0.2, -0.15) is 0 Å². The van der Waals surface area contributed by atoms with Crippen LogP contribution in [0.4, 0.5) is 10.5 Å². The number of halogens is 1. The van der Waals surface area contributed by atoms with Gasteiger partial charge in [-0.15, -0.1) is 0 Å². The smallest absolute Gasteiger partial charge is 0.312 e. The summed E-state index contributed by atoms with van der Waals surface area (Å²) in [5, 5.41) is 6.72. The van der Waals surface area contributed by atoms with Gasteiger partial charge in [0, 0.05) is 16.6 Å². The molecule has 0 saturated heterocycles. The van der Waals surface area contributed by atoms with E-state index in [0.29, 0.717) is 16.3 Å². The zero-order valence-electron chi connectivity index (χ0n) is 13.8. The van der Waals surface area contributed by atoms with Gasteiger partial charge in [0.1, 0.15) is 0 Å². The van der Waals surface area contributed by atoms with Crippen LogP contribution in [-0.2, 0) is 4.79 Å². The van der Waals surface area contributed by atoms with Gasteiger partial charge in [0.15, 0.2) is 0 Å². The summed E-state index contributed by atoms with van der Waals surface area (Å²) >= 11 is 6.19. The summed E-state index contributed by atoms with van der Waals surface area (Å²) in [4.78, 5) is 28.2. The SMILES string of the molecule is NC(=O)N[C@@H](CC(=O)Nc1cccc2ncccc12)c1ccccc1Cl. The van der Waals surface area contributed by atoms with E-state index in [-0.39, 0.29) is 12.3 Å². The van der Waals surface area contributed by atoms with Crippen molar-refractivity contribution in [2.24, 2.45) is 5.73 Å². The first-order chi connectivity index (χ1) is 12.5. The number of rotatable bonds is 5. The zero-order chi connectivity index (χ0) is 18.5. The van der Waals surface area contributed by atoms with Gasteiger partial charge < -0.3 is 16.4 Å². The van der Waals surface area contributed by atoms with Crippen LogP contribution >= 0.6 is 11.6 Å². The Bertz CT molecular complexity index is 956. The Kier molecular flexibility index (Phi) is 5.34. The molecule has 0 aliphatic heterocycles. The van der Waals surface area contributed by atoms with Gasteiger partial charge in [-0.05, 0) is 35.9 Å². The lowest BCUT2D eigenvalue weighted by Gasteiger charge is -2.19. The second-order valence-electron chi connectivity index (χ2n) is 5.71. The number of benzene rings is 2. The number of carbonyl (C=O) groups excluding carboxylic acids is 2. The molecule has 0 aliphatic rings. The molecular weight excluding hydrogens is 352 g/mol. The van der Waals surface area contributed by atoms with Crippen molar-refractivity contribution >= 4 is 40.1 Å². The standard InChI is InChI=1S/C19H17ClN4O2/c20-14-7-2-1-5-12(14)17(24-19(21)26)11-18(25)23-16-9-3-8-15-13(16)6-4-10-22-15/h1-10,17H,11H2,(H,23,25)(H3,21,24,26)/t17-/m0/s1. The average Bonchev–Trinajstić information content (AvgIpc) is 2.61. The number of carbonyl (C=O) groups is 2. The topological polar surface area (TPSA) is 97.1 Å². The summed E-state index contributed by atoms with van der Waals surface area (Å²) in [7, 11) is 0. The quantitative estimate of drug-likeness (QED) is 0.641. The van der Waals surface area contributed by atoms with E-state index in [4.69, 9.17) is 17.3 Å². The number of anilines is 1. The van der Waals surface area contributed by atoms with Crippen LogP contribution in [0.3, 0.4) is 0 Å². The molecule has 4 N–H and O–H groups in total. The van der Waals surface area contributed by atoms with Gasteiger partial charge in [-0.1, -0.05) is 35.9 Å². The number of hydrogen-bond donors (Lipinski definition) is 3. The molecule has 0 aliphatic carbocycles. The highest BCUT2D eigenvalue weighted by molar-refractivity contribution is 6.31. The summed E-state index contributed by atoms with van der Waals surface area (Å²) in [6, 6.07) is 14.8. The lowest BCUT2D eigenvalue weighted by Crippen LogP contribution is -2.35. The van der Waals surface area contributed by atoms with Crippen LogP contribution < -0.4 is 16.4 Å². The Morgan fingerprint density at radius 1 is 1.08 bits per heavy atom. The van der Waals surface area contributed by atoms with Crippen molar-refractivity contribution in [1.82, 2.24) is 10.3 Å². The van der Waals surface area contributed by atoms with Gasteiger partial charge in [0.25, 0.3) is 0 Å². The average molecular weight is 369 g/mol. The van der Waals surface area contributed by atoms with Crippen molar-refractivity contribution in [2.75, 3.05) is 5.32 Å². The van der Waals surface area contributed by atoms with Crippen molar-refractivity contribution in [3.63, 3.8) is 0 Å². The predicted molar refractivity (Wildman–Crippen MR) is 102 cm³/mol.